The zero-order valence-electron chi connectivity index (χ0n) is 15.1. The van der Waals surface area contributed by atoms with E-state index < -0.39 is 64.1 Å². The molecule has 0 aromatic carbocycles. The van der Waals surface area contributed by atoms with Crippen molar-refractivity contribution in [2.75, 3.05) is 6.79 Å². The van der Waals surface area contributed by atoms with Gasteiger partial charge in [0.05, 0.1) is 18.2 Å². The van der Waals surface area contributed by atoms with Crippen molar-refractivity contribution in [2.45, 2.75) is 52.7 Å². The van der Waals surface area contributed by atoms with E-state index in [4.69, 9.17) is 13.0 Å². The molecule has 1 amide bonds. The Bertz CT molecular complexity index is 549. The average Bonchev–Trinajstić information content (AvgIpc) is 2.55. The minimum absolute atomic E-state index is 0.0406. The van der Waals surface area contributed by atoms with E-state index in [1.54, 1.807) is 27.7 Å². The quantitative estimate of drug-likeness (QED) is 0.205. The number of halogens is 1. The maximum atomic E-state index is 12.0. The summed E-state index contributed by atoms with van der Waals surface area (Å²) in [6, 6.07) is -1.12. The normalized spacial score (nSPS) is 12.1. The van der Waals surface area contributed by atoms with Crippen molar-refractivity contribution < 1.29 is 33.4 Å². The first kappa shape index (κ1) is 24.1. The van der Waals surface area contributed by atoms with Crippen LogP contribution in [0.4, 0.5) is 4.79 Å². The lowest BCUT2D eigenvalue weighted by molar-refractivity contribution is -0.156. The van der Waals surface area contributed by atoms with E-state index in [0.717, 1.165) is 6.21 Å². The first-order chi connectivity index (χ1) is 12.2. The van der Waals surface area contributed by atoms with Crippen molar-refractivity contribution in [1.82, 2.24) is 5.32 Å². The van der Waals surface area contributed by atoms with E-state index in [9.17, 15) is 19.2 Å². The predicted molar refractivity (Wildman–Crippen MR) is 101 cm³/mol. The molecule has 10 nitrogen and oxygen atoms in total. The van der Waals surface area contributed by atoms with Crippen molar-refractivity contribution in [3.63, 3.8) is 0 Å². The number of hydrogen-bond donors (Lipinski definition) is 1. The summed E-state index contributed by atoms with van der Waals surface area (Å²) in [6.45, 7) is 5.93. The van der Waals surface area contributed by atoms with Crippen LogP contribution < -0.4 is 5.32 Å². The number of carbonyl (C=O) groups is 4. The number of nitrogens with zero attached hydrogens (tertiary/aromatic N) is 2. The summed E-state index contributed by atoms with van der Waals surface area (Å²) in [7, 11) is 0. The molecule has 0 saturated heterocycles. The summed E-state index contributed by atoms with van der Waals surface area (Å²) in [5, 5.41) is 2.27. The zero-order chi connectivity index (χ0) is 20.1. The SMILES string of the molecule is CC(C)OC(=O)[C@H](CCC(=O)/C=N/I=[N-])NC(=O)OCOC(=O)C(C)C. The van der Waals surface area contributed by atoms with Gasteiger partial charge in [-0.1, -0.05) is 13.8 Å². The fourth-order valence-corrected chi connectivity index (χ4v) is 1.92. The van der Waals surface area contributed by atoms with Crippen LogP contribution in [-0.4, -0.2) is 49.0 Å². The lowest BCUT2D eigenvalue weighted by Gasteiger charge is -2.18. The smallest absolute Gasteiger partial charge is 0.410 e. The Balaban J connectivity index is 4.63. The Labute approximate surface area is 162 Å². The highest BCUT2D eigenvalue weighted by Gasteiger charge is 2.24. The zero-order valence-corrected chi connectivity index (χ0v) is 17.2. The molecule has 148 valence electrons. The predicted octanol–water partition coefficient (Wildman–Crippen LogP) is 2.25. The van der Waals surface area contributed by atoms with Crippen LogP contribution in [0.5, 0.6) is 0 Å². The molecule has 26 heavy (non-hydrogen) atoms. The Morgan fingerprint density at radius 2 is 1.77 bits per heavy atom. The Hall–Kier alpha value is -1.92. The number of rotatable bonds is 11. The molecular weight excluding hydrogens is 461 g/mol. The maximum absolute atomic E-state index is 12.0. The van der Waals surface area contributed by atoms with Crippen molar-refractivity contribution in [3.05, 3.63) is 3.56 Å². The number of nitrogens with one attached hydrogen (secondary N) is 1. The van der Waals surface area contributed by atoms with Crippen molar-refractivity contribution in [1.29, 1.82) is 0 Å². The Kier molecular flexibility index (Phi) is 12.3. The van der Waals surface area contributed by atoms with Crippen LogP contribution in [0, 0.1) is 5.92 Å². The first-order valence-corrected chi connectivity index (χ1v) is 9.74. The maximum Gasteiger partial charge on any atom is 0.410 e. The number of alkyl carbamates (subject to hydrolysis) is 1. The van der Waals surface area contributed by atoms with E-state index in [1.807, 2.05) is 0 Å². The van der Waals surface area contributed by atoms with Gasteiger partial charge in [-0.05, 0) is 20.3 Å². The molecule has 0 saturated carbocycles. The largest absolute Gasteiger partial charge is 0.755 e. The van der Waals surface area contributed by atoms with Crippen LogP contribution in [0.1, 0.15) is 40.5 Å². The van der Waals surface area contributed by atoms with Gasteiger partial charge in [0.15, 0.2) is 5.78 Å². The number of ketones is 1. The minimum atomic E-state index is -1.38. The van der Waals surface area contributed by atoms with Crippen molar-refractivity contribution >= 4 is 51.3 Å². The highest BCUT2D eigenvalue weighted by Crippen LogP contribution is 2.05. The lowest BCUT2D eigenvalue weighted by Crippen LogP contribution is -2.43. The Morgan fingerprint density at radius 3 is 2.31 bits per heavy atom. The topological polar surface area (TPSA) is 143 Å². The van der Waals surface area contributed by atoms with Crippen LogP contribution >= 0.6 is 21.3 Å². The van der Waals surface area contributed by atoms with Gasteiger partial charge in [-0.2, -0.15) is 0 Å². The molecule has 0 heterocycles. The molecule has 1 N–H and O–H groups in total. The molecule has 0 radical (unpaired) electrons. The summed E-state index contributed by atoms with van der Waals surface area (Å²) in [5.74, 6) is -2.04. The standard InChI is InChI=1S/C15H23IN3O7/c1-9(2)13(21)24-8-25-15(23)19-12(14(22)26-10(3)4)6-5-11(20)7-18-16-17/h7,9-10,12H,5-6,8H2,1-4H3,(H,19,23)/q-1/b18-7+/t12-/m0/s1. The van der Waals surface area contributed by atoms with Gasteiger partial charge in [-0.15, -0.1) is 21.3 Å². The summed E-state index contributed by atoms with van der Waals surface area (Å²) >= 11 is -1.38. The molecule has 0 spiro atoms. The van der Waals surface area contributed by atoms with Crippen LogP contribution in [0.3, 0.4) is 0 Å². The molecule has 0 aliphatic rings. The fourth-order valence-electron chi connectivity index (χ4n) is 1.48. The van der Waals surface area contributed by atoms with Crippen LogP contribution in [0.25, 0.3) is 3.56 Å². The molecule has 0 rings (SSSR count). The monoisotopic (exact) mass is 484 g/mol. The molecule has 1 atom stereocenters. The Morgan fingerprint density at radius 1 is 1.12 bits per heavy atom. The number of ether oxygens (including phenoxy) is 3. The van der Waals surface area contributed by atoms with Crippen LogP contribution in [0.15, 0.2) is 3.21 Å². The first-order valence-electron chi connectivity index (χ1n) is 7.81. The van der Waals surface area contributed by atoms with Gasteiger partial charge >= 0.3 is 18.0 Å². The van der Waals surface area contributed by atoms with E-state index >= 15 is 0 Å². The van der Waals surface area contributed by atoms with E-state index in [0.29, 0.717) is 0 Å². The molecule has 0 fully saturated rings. The summed E-state index contributed by atoms with van der Waals surface area (Å²) in [4.78, 5) is 46.6. The number of carbonyl (C=O) groups excluding carboxylic acids is 4. The number of esters is 2. The second kappa shape index (κ2) is 13.3. The van der Waals surface area contributed by atoms with Crippen LogP contribution in [0.2, 0.25) is 0 Å². The fraction of sp³-hybridized carbons (Fsp3) is 0.667. The van der Waals surface area contributed by atoms with Gasteiger partial charge in [-0.25, -0.2) is 12.8 Å². The van der Waals surface area contributed by atoms with Crippen LogP contribution in [-0.2, 0) is 28.6 Å². The number of hydrogen-bond acceptors (Lipinski definition) is 7. The third-order valence-electron chi connectivity index (χ3n) is 2.71. The second-order valence-electron chi connectivity index (χ2n) is 5.66. The molecule has 0 aliphatic heterocycles. The van der Waals surface area contributed by atoms with E-state index in [1.165, 1.54) is 0 Å². The summed E-state index contributed by atoms with van der Waals surface area (Å²) in [5.41, 5.74) is 0. The highest BCUT2D eigenvalue weighted by molar-refractivity contribution is 14.2. The molecular formula is C15H23IN3O7-. The second-order valence-corrected chi connectivity index (χ2v) is 6.65. The molecule has 0 bridgehead atoms. The molecule has 11 heteroatoms. The summed E-state index contributed by atoms with van der Waals surface area (Å²) < 4.78 is 26.5. The van der Waals surface area contributed by atoms with Gasteiger partial charge in [0.25, 0.3) is 0 Å². The van der Waals surface area contributed by atoms with Gasteiger partial charge in [0.2, 0.25) is 6.79 Å². The average molecular weight is 484 g/mol. The van der Waals surface area contributed by atoms with Crippen molar-refractivity contribution in [2.24, 2.45) is 9.12 Å². The third kappa shape index (κ3) is 11.6. The molecule has 0 aliphatic carbocycles. The number of Topliss-reactive ketones (excluding diaryl/α,β-unsaturated/α-hetero) is 1. The van der Waals surface area contributed by atoms with Gasteiger partial charge in [-0.3, -0.25) is 9.59 Å². The van der Waals surface area contributed by atoms with Gasteiger partial charge in [0, 0.05) is 6.42 Å². The third-order valence-corrected chi connectivity index (χ3v) is 3.23. The minimum Gasteiger partial charge on any atom is -0.755 e. The van der Waals surface area contributed by atoms with Gasteiger partial charge in [0.1, 0.15) is 6.04 Å². The number of amides is 1. The van der Waals surface area contributed by atoms with E-state index in [2.05, 4.69) is 13.3 Å². The van der Waals surface area contributed by atoms with Crippen molar-refractivity contribution in [3.8, 4) is 0 Å². The molecule has 0 aromatic heterocycles. The molecule has 0 unspecified atom stereocenters. The highest BCUT2D eigenvalue weighted by atomic mass is 127. The lowest BCUT2D eigenvalue weighted by atomic mass is 10.1. The van der Waals surface area contributed by atoms with Gasteiger partial charge < -0.3 is 23.1 Å². The van der Waals surface area contributed by atoms with E-state index in [-0.39, 0.29) is 18.8 Å². The molecule has 0 aromatic rings. The summed E-state index contributed by atoms with van der Waals surface area (Å²) in [6.07, 6.45) is -0.544.